The maximum absolute atomic E-state index is 11.5. The highest BCUT2D eigenvalue weighted by Crippen LogP contribution is 2.28. The number of rotatable bonds is 6. The van der Waals surface area contributed by atoms with Gasteiger partial charge in [0.15, 0.2) is 0 Å². The molecule has 0 radical (unpaired) electrons. The Morgan fingerprint density at radius 2 is 1.87 bits per heavy atom. The van der Waals surface area contributed by atoms with Crippen molar-refractivity contribution in [3.63, 3.8) is 0 Å². The van der Waals surface area contributed by atoms with Crippen molar-refractivity contribution in [3.8, 4) is 11.5 Å². The number of methoxy groups -OCH3 is 2. The zero-order valence-corrected chi connectivity index (χ0v) is 12.9. The highest BCUT2D eigenvalue weighted by atomic mass is 16.5. The lowest BCUT2D eigenvalue weighted by Crippen LogP contribution is -2.13. The van der Waals surface area contributed by atoms with Gasteiger partial charge in [-0.15, -0.1) is 0 Å². The van der Waals surface area contributed by atoms with Gasteiger partial charge < -0.3 is 14.6 Å². The average Bonchev–Trinajstić information content (AvgIpc) is 2.54. The van der Waals surface area contributed by atoms with Gasteiger partial charge in [0.25, 0.3) is 0 Å². The summed E-state index contributed by atoms with van der Waals surface area (Å²) in [5, 5.41) is 19.5. The number of benzene rings is 2. The van der Waals surface area contributed by atoms with Crippen LogP contribution in [0.5, 0.6) is 11.5 Å². The van der Waals surface area contributed by atoms with Gasteiger partial charge in [0.2, 0.25) is 12.8 Å². The molecule has 0 aliphatic rings. The number of hydroxylamine groups is 1. The quantitative estimate of drug-likeness (QED) is 0.370. The fourth-order valence-electron chi connectivity index (χ4n) is 2.20. The number of carboxylic acids is 1. The molecule has 0 bridgehead atoms. The molecule has 0 unspecified atom stereocenters. The van der Waals surface area contributed by atoms with Gasteiger partial charge in [-0.05, 0) is 10.8 Å². The van der Waals surface area contributed by atoms with Crippen molar-refractivity contribution in [2.24, 2.45) is 0 Å². The summed E-state index contributed by atoms with van der Waals surface area (Å²) in [6.07, 6.45) is 1.33. The van der Waals surface area contributed by atoms with Crippen LogP contribution >= 0.6 is 0 Å². The first-order chi connectivity index (χ1) is 11.0. The van der Waals surface area contributed by atoms with Crippen molar-refractivity contribution < 1.29 is 29.3 Å². The third kappa shape index (κ3) is 4.00. The van der Waals surface area contributed by atoms with Gasteiger partial charge in [-0.3, -0.25) is 5.21 Å². The van der Waals surface area contributed by atoms with E-state index in [2.05, 4.69) is 0 Å². The minimum atomic E-state index is -1.15. The van der Waals surface area contributed by atoms with Crippen molar-refractivity contribution in [3.05, 3.63) is 59.2 Å². The first-order valence-electron chi connectivity index (χ1n) is 6.88. The Balaban J connectivity index is 2.44. The van der Waals surface area contributed by atoms with E-state index in [-0.39, 0.29) is 23.4 Å². The molecule has 6 nitrogen and oxygen atoms in total. The van der Waals surface area contributed by atoms with Crippen molar-refractivity contribution in [1.82, 2.24) is 0 Å². The number of carboxylic acid groups (broad SMARTS) is 1. The highest BCUT2D eigenvalue weighted by molar-refractivity contribution is 6.00. The second-order valence-electron chi connectivity index (χ2n) is 4.81. The summed E-state index contributed by atoms with van der Waals surface area (Å²) in [5.74, 6) is -0.550. The lowest BCUT2D eigenvalue weighted by Gasteiger charge is -2.09. The zero-order chi connectivity index (χ0) is 16.8. The van der Waals surface area contributed by atoms with Gasteiger partial charge in [-0.1, -0.05) is 30.3 Å². The van der Waals surface area contributed by atoms with Crippen molar-refractivity contribution in [1.29, 1.82) is 0 Å². The van der Waals surface area contributed by atoms with E-state index in [4.69, 9.17) is 9.47 Å². The molecule has 0 aromatic heterocycles. The van der Waals surface area contributed by atoms with Crippen LogP contribution in [0.25, 0.3) is 0 Å². The van der Waals surface area contributed by atoms with Crippen molar-refractivity contribution in [2.75, 3.05) is 14.2 Å². The molecule has 2 rings (SSSR count). The Morgan fingerprint density at radius 3 is 2.43 bits per heavy atom. The van der Waals surface area contributed by atoms with Crippen molar-refractivity contribution in [2.45, 2.75) is 6.54 Å². The summed E-state index contributed by atoms with van der Waals surface area (Å²) in [6.45, 7) is 0.222. The van der Waals surface area contributed by atoms with E-state index in [1.54, 1.807) is 0 Å². The van der Waals surface area contributed by atoms with Gasteiger partial charge in [0.05, 0.1) is 19.8 Å². The molecular formula is C17H18NO5+. The Morgan fingerprint density at radius 1 is 1.17 bits per heavy atom. The first-order valence-corrected chi connectivity index (χ1v) is 6.88. The second kappa shape index (κ2) is 7.31. The third-order valence-corrected chi connectivity index (χ3v) is 3.25. The lowest BCUT2D eigenvalue weighted by molar-refractivity contribution is -0.783. The summed E-state index contributed by atoms with van der Waals surface area (Å²) < 4.78 is 11.2. The number of aromatic carboxylic acids is 1. The first kappa shape index (κ1) is 16.4. The molecule has 23 heavy (non-hydrogen) atoms. The molecule has 0 atom stereocenters. The Labute approximate surface area is 133 Å². The minimum Gasteiger partial charge on any atom is -0.497 e. The monoisotopic (exact) mass is 316 g/mol. The fourth-order valence-corrected chi connectivity index (χ4v) is 2.20. The Hall–Kier alpha value is -3.02. The van der Waals surface area contributed by atoms with E-state index < -0.39 is 5.97 Å². The maximum atomic E-state index is 11.5. The third-order valence-electron chi connectivity index (χ3n) is 3.25. The van der Waals surface area contributed by atoms with E-state index in [1.165, 1.54) is 32.6 Å². The predicted molar refractivity (Wildman–Crippen MR) is 83.9 cm³/mol. The number of nitrogens with zero attached hydrogens (tertiary/aromatic N) is 1. The van der Waals surface area contributed by atoms with Crippen LogP contribution in [0.2, 0.25) is 0 Å². The summed E-state index contributed by atoms with van der Waals surface area (Å²) in [6, 6.07) is 12.3. The maximum Gasteiger partial charge on any atom is 0.340 e. The molecule has 0 amide bonds. The predicted octanol–water partition coefficient (Wildman–Crippen LogP) is 2.42. The van der Waals surface area contributed by atoms with E-state index in [1.807, 2.05) is 30.3 Å². The van der Waals surface area contributed by atoms with Gasteiger partial charge in [-0.25, -0.2) is 4.79 Å². The van der Waals surface area contributed by atoms with E-state index in [0.29, 0.717) is 5.75 Å². The van der Waals surface area contributed by atoms with Crippen LogP contribution in [0.15, 0.2) is 42.5 Å². The van der Waals surface area contributed by atoms with Crippen LogP contribution in [0.1, 0.15) is 21.5 Å². The fraction of sp³-hybridized carbons (Fsp3) is 0.176. The summed E-state index contributed by atoms with van der Waals surface area (Å²) >= 11 is 0. The Bertz CT molecular complexity index is 725. The van der Waals surface area contributed by atoms with E-state index in [0.717, 1.165) is 10.3 Å². The molecule has 120 valence electrons. The molecular weight excluding hydrogens is 298 g/mol. The SMILES string of the molecule is COc1cc(/C=[N+](\O)Cc2ccccc2)c(C(=O)O)c(OC)c1. The molecule has 0 heterocycles. The largest absolute Gasteiger partial charge is 0.497 e. The van der Waals surface area contributed by atoms with Crippen LogP contribution in [0, 0.1) is 0 Å². The smallest absolute Gasteiger partial charge is 0.340 e. The topological polar surface area (TPSA) is 79.0 Å². The number of ether oxygens (including phenoxy) is 2. The lowest BCUT2D eigenvalue weighted by atomic mass is 10.1. The summed E-state index contributed by atoms with van der Waals surface area (Å²) in [4.78, 5) is 11.5. The number of hydrogen-bond acceptors (Lipinski definition) is 4. The molecule has 0 fully saturated rings. The summed E-state index contributed by atoms with van der Waals surface area (Å²) in [7, 11) is 2.85. The highest BCUT2D eigenvalue weighted by Gasteiger charge is 2.20. The van der Waals surface area contributed by atoms with Crippen LogP contribution in [0.4, 0.5) is 0 Å². The molecule has 2 aromatic rings. The number of carbonyl (C=O) groups is 1. The summed E-state index contributed by atoms with van der Waals surface area (Å²) in [5.41, 5.74) is 1.13. The number of hydrogen-bond donors (Lipinski definition) is 2. The molecule has 0 aliphatic carbocycles. The van der Waals surface area contributed by atoms with Crippen LogP contribution in [-0.2, 0) is 6.54 Å². The van der Waals surface area contributed by atoms with E-state index in [9.17, 15) is 15.1 Å². The van der Waals surface area contributed by atoms with Crippen LogP contribution < -0.4 is 9.47 Å². The molecule has 0 saturated carbocycles. The average molecular weight is 316 g/mol. The molecule has 0 aliphatic heterocycles. The molecule has 6 heteroatoms. The van der Waals surface area contributed by atoms with E-state index >= 15 is 0 Å². The standard InChI is InChI=1S/C17H17NO5/c1-22-14-8-13(16(17(19)20)15(9-14)23-2)11-18(21)10-12-6-4-3-5-7-12/h3-9,11H,10H2,1-2H3,(H-,19,20,21)/p+1/b18-11-. The molecule has 0 spiro atoms. The second-order valence-corrected chi connectivity index (χ2v) is 4.81. The molecule has 0 saturated heterocycles. The van der Waals surface area contributed by atoms with Crippen LogP contribution in [-0.4, -0.2) is 41.5 Å². The van der Waals surface area contributed by atoms with Crippen LogP contribution in [0.3, 0.4) is 0 Å². The molecule has 2 N–H and O–H groups in total. The van der Waals surface area contributed by atoms with Gasteiger partial charge in [-0.2, -0.15) is 0 Å². The van der Waals surface area contributed by atoms with Gasteiger partial charge in [0.1, 0.15) is 17.1 Å². The Kier molecular flexibility index (Phi) is 5.19. The molecule has 2 aromatic carbocycles. The van der Waals surface area contributed by atoms with Gasteiger partial charge in [0, 0.05) is 11.6 Å². The minimum absolute atomic E-state index is 0.0413. The van der Waals surface area contributed by atoms with Gasteiger partial charge >= 0.3 is 5.97 Å². The van der Waals surface area contributed by atoms with Crippen molar-refractivity contribution >= 4 is 12.2 Å². The normalized spacial score (nSPS) is 11.1. The zero-order valence-electron chi connectivity index (χ0n) is 12.9.